The molecule has 1 heterocycles. The van der Waals surface area contributed by atoms with Crippen molar-refractivity contribution in [2.75, 3.05) is 7.05 Å². The predicted molar refractivity (Wildman–Crippen MR) is 84.3 cm³/mol. The van der Waals surface area contributed by atoms with E-state index in [0.29, 0.717) is 0 Å². The van der Waals surface area contributed by atoms with Gasteiger partial charge in [-0.15, -0.1) is 0 Å². The first-order valence-electron chi connectivity index (χ1n) is 6.75. The molecule has 106 valence electrons. The van der Waals surface area contributed by atoms with Crippen molar-refractivity contribution in [2.45, 2.75) is 44.3 Å². The van der Waals surface area contributed by atoms with Crippen LogP contribution in [0.5, 0.6) is 0 Å². The smallest absolute Gasteiger partial charge is 0.192 e. The number of hydrogen-bond acceptors (Lipinski definition) is 4. The summed E-state index contributed by atoms with van der Waals surface area (Å²) in [4.78, 5) is 10.4. The van der Waals surface area contributed by atoms with Gasteiger partial charge in [-0.25, -0.2) is 9.97 Å². The molecule has 1 aromatic heterocycles. The molecular weight excluding hydrogens is 266 g/mol. The molecule has 0 aliphatic carbocycles. The van der Waals surface area contributed by atoms with Crippen molar-refractivity contribution < 1.29 is 0 Å². The Labute approximate surface area is 125 Å². The maximum absolute atomic E-state index is 4.57. The lowest BCUT2D eigenvalue weighted by atomic mass is 10.1. The lowest BCUT2D eigenvalue weighted by Crippen LogP contribution is -2.05. The van der Waals surface area contributed by atoms with Crippen LogP contribution in [-0.4, -0.2) is 17.0 Å². The van der Waals surface area contributed by atoms with Crippen LogP contribution in [-0.2, 0) is 6.54 Å². The Morgan fingerprint density at radius 1 is 1.05 bits per heavy atom. The number of aromatic nitrogens is 2. The first-order valence-corrected chi connectivity index (χ1v) is 7.56. The van der Waals surface area contributed by atoms with E-state index in [-0.39, 0.29) is 0 Å². The van der Waals surface area contributed by atoms with Crippen molar-refractivity contribution in [3.8, 4) is 0 Å². The third kappa shape index (κ3) is 3.38. The fourth-order valence-electron chi connectivity index (χ4n) is 2.03. The van der Waals surface area contributed by atoms with Crippen LogP contribution in [0.25, 0.3) is 0 Å². The third-order valence-electron chi connectivity index (χ3n) is 3.43. The lowest BCUT2D eigenvalue weighted by molar-refractivity contribution is 0.815. The molecule has 2 rings (SSSR count). The minimum Gasteiger partial charge on any atom is -0.316 e. The summed E-state index contributed by atoms with van der Waals surface area (Å²) >= 11 is 1.64. The Morgan fingerprint density at radius 2 is 1.70 bits per heavy atom. The molecule has 0 amide bonds. The van der Waals surface area contributed by atoms with Crippen molar-refractivity contribution in [3.05, 3.63) is 46.3 Å². The van der Waals surface area contributed by atoms with Crippen molar-refractivity contribution in [1.29, 1.82) is 0 Å². The highest BCUT2D eigenvalue weighted by Gasteiger charge is 2.08. The number of benzene rings is 1. The molecule has 1 N–H and O–H groups in total. The fourth-order valence-corrected chi connectivity index (χ4v) is 2.94. The van der Waals surface area contributed by atoms with E-state index in [9.17, 15) is 0 Å². The van der Waals surface area contributed by atoms with Crippen LogP contribution in [0.4, 0.5) is 0 Å². The van der Waals surface area contributed by atoms with E-state index in [1.807, 2.05) is 20.9 Å². The SMILES string of the molecule is CNCc1ccc(Sc2nc(C)c(C)c(C)n2)c(C)c1. The van der Waals surface area contributed by atoms with Gasteiger partial charge in [0.05, 0.1) is 0 Å². The highest BCUT2D eigenvalue weighted by Crippen LogP contribution is 2.29. The van der Waals surface area contributed by atoms with Gasteiger partial charge in [-0.1, -0.05) is 12.1 Å². The number of rotatable bonds is 4. The second-order valence-corrected chi connectivity index (χ2v) is 6.04. The van der Waals surface area contributed by atoms with Gasteiger partial charge in [0.2, 0.25) is 0 Å². The lowest BCUT2D eigenvalue weighted by Gasteiger charge is -2.09. The monoisotopic (exact) mass is 287 g/mol. The summed E-state index contributed by atoms with van der Waals surface area (Å²) in [5, 5.41) is 4.00. The van der Waals surface area contributed by atoms with Gasteiger partial charge in [0.1, 0.15) is 0 Å². The zero-order valence-electron chi connectivity index (χ0n) is 12.7. The number of aryl methyl sites for hydroxylation is 3. The van der Waals surface area contributed by atoms with E-state index in [2.05, 4.69) is 47.3 Å². The van der Waals surface area contributed by atoms with E-state index in [1.165, 1.54) is 21.6 Å². The van der Waals surface area contributed by atoms with Crippen LogP contribution in [0.2, 0.25) is 0 Å². The first kappa shape index (κ1) is 15.0. The summed E-state index contributed by atoms with van der Waals surface area (Å²) in [5.41, 5.74) is 5.86. The second kappa shape index (κ2) is 6.37. The Balaban J connectivity index is 2.26. The molecule has 0 spiro atoms. The molecule has 3 nitrogen and oxygen atoms in total. The molecule has 4 heteroatoms. The fraction of sp³-hybridized carbons (Fsp3) is 0.375. The summed E-state index contributed by atoms with van der Waals surface area (Å²) < 4.78 is 0. The number of nitrogens with zero attached hydrogens (tertiary/aromatic N) is 2. The summed E-state index contributed by atoms with van der Waals surface area (Å²) in [6, 6.07) is 6.52. The topological polar surface area (TPSA) is 37.8 Å². The largest absolute Gasteiger partial charge is 0.316 e. The zero-order chi connectivity index (χ0) is 14.7. The molecular formula is C16H21N3S. The van der Waals surface area contributed by atoms with Crippen molar-refractivity contribution >= 4 is 11.8 Å². The molecule has 20 heavy (non-hydrogen) atoms. The van der Waals surface area contributed by atoms with Crippen LogP contribution >= 0.6 is 11.8 Å². The summed E-state index contributed by atoms with van der Waals surface area (Å²) in [6.45, 7) is 9.17. The average Bonchev–Trinajstić information content (AvgIpc) is 2.39. The van der Waals surface area contributed by atoms with Gasteiger partial charge < -0.3 is 5.32 Å². The maximum atomic E-state index is 4.57. The Hall–Kier alpha value is -1.39. The van der Waals surface area contributed by atoms with Crippen LogP contribution < -0.4 is 5.32 Å². The van der Waals surface area contributed by atoms with Gasteiger partial charge in [0.25, 0.3) is 0 Å². The molecule has 0 radical (unpaired) electrons. The minimum atomic E-state index is 0.829. The molecule has 0 saturated heterocycles. The number of nitrogens with one attached hydrogen (secondary N) is 1. The second-order valence-electron chi connectivity index (χ2n) is 5.03. The Bertz CT molecular complexity index is 600. The van der Waals surface area contributed by atoms with Gasteiger partial charge in [-0.3, -0.25) is 0 Å². The van der Waals surface area contributed by atoms with Gasteiger partial charge in [-0.05, 0) is 69.3 Å². The van der Waals surface area contributed by atoms with E-state index in [4.69, 9.17) is 0 Å². The normalized spacial score (nSPS) is 10.8. The van der Waals surface area contributed by atoms with E-state index in [0.717, 1.165) is 23.1 Å². The first-order chi connectivity index (χ1) is 9.51. The minimum absolute atomic E-state index is 0.829. The van der Waals surface area contributed by atoms with Gasteiger partial charge in [-0.2, -0.15) is 0 Å². The molecule has 0 fully saturated rings. The molecule has 2 aromatic rings. The van der Waals surface area contributed by atoms with Crippen LogP contribution in [0.1, 0.15) is 28.1 Å². The van der Waals surface area contributed by atoms with Crippen molar-refractivity contribution in [2.24, 2.45) is 0 Å². The summed E-state index contributed by atoms with van der Waals surface area (Å²) in [5.74, 6) is 0. The van der Waals surface area contributed by atoms with Gasteiger partial charge in [0, 0.05) is 22.8 Å². The molecule has 0 atom stereocenters. The molecule has 1 aromatic carbocycles. The highest BCUT2D eigenvalue weighted by molar-refractivity contribution is 7.99. The predicted octanol–water partition coefficient (Wildman–Crippen LogP) is 3.58. The van der Waals surface area contributed by atoms with Crippen LogP contribution in [0.15, 0.2) is 28.3 Å². The van der Waals surface area contributed by atoms with Crippen LogP contribution in [0, 0.1) is 27.7 Å². The summed E-state index contributed by atoms with van der Waals surface area (Å²) in [7, 11) is 1.96. The highest BCUT2D eigenvalue weighted by atomic mass is 32.2. The van der Waals surface area contributed by atoms with E-state index in [1.54, 1.807) is 11.8 Å². The molecule has 0 saturated carbocycles. The molecule has 0 unspecified atom stereocenters. The zero-order valence-corrected chi connectivity index (χ0v) is 13.6. The van der Waals surface area contributed by atoms with E-state index >= 15 is 0 Å². The van der Waals surface area contributed by atoms with Gasteiger partial charge in [0.15, 0.2) is 5.16 Å². The van der Waals surface area contributed by atoms with Crippen molar-refractivity contribution in [1.82, 2.24) is 15.3 Å². The standard InChI is InChI=1S/C16H21N3S/c1-10-8-14(9-17-5)6-7-15(10)20-16-18-12(3)11(2)13(4)19-16/h6-8,17H,9H2,1-5H3. The Morgan fingerprint density at radius 3 is 2.25 bits per heavy atom. The van der Waals surface area contributed by atoms with E-state index < -0.39 is 0 Å². The quantitative estimate of drug-likeness (QED) is 0.872. The molecule has 0 aliphatic rings. The molecule has 0 bridgehead atoms. The number of hydrogen-bond donors (Lipinski definition) is 1. The third-order valence-corrected chi connectivity index (χ3v) is 4.48. The maximum Gasteiger partial charge on any atom is 0.192 e. The summed E-state index contributed by atoms with van der Waals surface area (Å²) in [6.07, 6.45) is 0. The van der Waals surface area contributed by atoms with Crippen LogP contribution in [0.3, 0.4) is 0 Å². The molecule has 0 aliphatic heterocycles. The Kier molecular flexibility index (Phi) is 4.78. The van der Waals surface area contributed by atoms with Crippen molar-refractivity contribution in [3.63, 3.8) is 0 Å². The van der Waals surface area contributed by atoms with Gasteiger partial charge >= 0.3 is 0 Å². The average molecular weight is 287 g/mol.